The van der Waals surface area contributed by atoms with Crippen molar-refractivity contribution in [3.05, 3.63) is 98.0 Å². The summed E-state index contributed by atoms with van der Waals surface area (Å²) in [6.07, 6.45) is 1.56. The molecule has 2 aromatic heterocycles. The van der Waals surface area contributed by atoms with Crippen molar-refractivity contribution < 1.29 is 48.7 Å². The molecule has 0 radical (unpaired) electrons. The third-order valence-electron chi connectivity index (χ3n) is 5.38. The fourth-order valence-corrected chi connectivity index (χ4v) is 3.62. The van der Waals surface area contributed by atoms with E-state index in [0.29, 0.717) is 18.1 Å². The van der Waals surface area contributed by atoms with Crippen LogP contribution in [-0.4, -0.2) is 28.0 Å². The summed E-state index contributed by atoms with van der Waals surface area (Å²) in [7, 11) is 0. The molecule has 9 nitrogen and oxygen atoms in total. The van der Waals surface area contributed by atoms with Gasteiger partial charge in [-0.25, -0.2) is 9.78 Å². The molecular weight excluding hydrogens is 461 g/mol. The number of benzene rings is 2. The molecular formula is C25H24N3NaO6. The van der Waals surface area contributed by atoms with Gasteiger partial charge >= 0.3 is 35.3 Å². The van der Waals surface area contributed by atoms with Crippen LogP contribution in [-0.2, 0) is 13.2 Å². The summed E-state index contributed by atoms with van der Waals surface area (Å²) in [6.45, 7) is 4.72. The molecule has 0 aliphatic rings. The van der Waals surface area contributed by atoms with Gasteiger partial charge in [-0.15, -0.1) is 0 Å². The zero-order valence-electron chi connectivity index (χ0n) is 19.9. The number of hydrogen-bond acceptors (Lipinski definition) is 7. The van der Waals surface area contributed by atoms with Gasteiger partial charge in [0.15, 0.2) is 5.69 Å². The normalized spacial score (nSPS) is 10.6. The minimum atomic E-state index is -0.920. The molecule has 0 aliphatic heterocycles. The fourth-order valence-electron chi connectivity index (χ4n) is 3.62. The van der Waals surface area contributed by atoms with Gasteiger partial charge in [-0.3, -0.25) is 9.53 Å². The molecule has 0 atom stereocenters. The number of aryl methyl sites for hydroxylation is 1. The zero-order chi connectivity index (χ0) is 24.1. The fraction of sp³-hybridized carbons (Fsp3) is 0.240. The number of ether oxygens (including phenoxy) is 2. The molecule has 4 aromatic rings. The second-order valence-corrected chi connectivity index (χ2v) is 7.72. The molecule has 35 heavy (non-hydrogen) atoms. The second-order valence-electron chi connectivity index (χ2n) is 7.72. The van der Waals surface area contributed by atoms with Crippen molar-refractivity contribution in [2.45, 2.75) is 27.0 Å². The third-order valence-corrected chi connectivity index (χ3v) is 5.38. The Balaban J connectivity index is 0.00000342. The van der Waals surface area contributed by atoms with Crippen molar-refractivity contribution in [1.82, 2.24) is 14.7 Å². The van der Waals surface area contributed by atoms with Crippen molar-refractivity contribution in [1.29, 1.82) is 0 Å². The van der Waals surface area contributed by atoms with E-state index in [0.717, 1.165) is 38.3 Å². The Hall–Kier alpha value is -3.11. The molecule has 0 aliphatic carbocycles. The van der Waals surface area contributed by atoms with Crippen LogP contribution < -0.4 is 55.5 Å². The Labute approximate surface area is 223 Å². The Morgan fingerprint density at radius 3 is 2.54 bits per heavy atom. The van der Waals surface area contributed by atoms with Crippen molar-refractivity contribution in [2.24, 2.45) is 0 Å². The van der Waals surface area contributed by atoms with Gasteiger partial charge < -0.3 is 24.1 Å². The topological polar surface area (TPSA) is 118 Å². The van der Waals surface area contributed by atoms with Crippen molar-refractivity contribution in [3.63, 3.8) is 0 Å². The molecule has 0 spiro atoms. The maximum absolute atomic E-state index is 11.5. The second kappa shape index (κ2) is 12.0. The van der Waals surface area contributed by atoms with Crippen LogP contribution in [0.1, 0.15) is 22.3 Å². The summed E-state index contributed by atoms with van der Waals surface area (Å²) in [5.41, 5.74) is 5.34. The first-order chi connectivity index (χ1) is 16.4. The molecule has 2 aromatic carbocycles. The van der Waals surface area contributed by atoms with Crippen LogP contribution in [0, 0.1) is 13.8 Å². The molecule has 0 bridgehead atoms. The monoisotopic (exact) mass is 485 g/mol. The van der Waals surface area contributed by atoms with Gasteiger partial charge in [0.25, 0.3) is 0 Å². The number of rotatable bonds is 9. The van der Waals surface area contributed by atoms with Crippen LogP contribution in [0.25, 0.3) is 11.1 Å². The van der Waals surface area contributed by atoms with Crippen LogP contribution in [0.15, 0.2) is 68.8 Å². The van der Waals surface area contributed by atoms with Gasteiger partial charge in [-0.2, -0.15) is 0 Å². The number of hydrogen-bond donors (Lipinski definition) is 1. The molecule has 1 N–H and O–H groups in total. The van der Waals surface area contributed by atoms with Gasteiger partial charge in [0.05, 0.1) is 6.61 Å². The van der Waals surface area contributed by atoms with E-state index in [1.54, 1.807) is 18.3 Å². The van der Waals surface area contributed by atoms with E-state index in [1.165, 1.54) is 0 Å². The number of aliphatic hydroxyl groups excluding tert-OH is 1. The molecule has 4 rings (SSSR count). The number of aliphatic hydroxyl groups is 1. The molecule has 0 unspecified atom stereocenters. The first-order valence-corrected chi connectivity index (χ1v) is 10.7. The maximum Gasteiger partial charge on any atom is 1.00 e. The van der Waals surface area contributed by atoms with Crippen LogP contribution in [0.3, 0.4) is 0 Å². The van der Waals surface area contributed by atoms with Gasteiger partial charge in [0.2, 0.25) is 5.88 Å². The SMILES string of the molecule is Cc1cc(OCCO)ccc1-c1cccc(COc2ccc(Cn3oc(=O)[n-]c3=O)cn2)c1C.[Na+]. The summed E-state index contributed by atoms with van der Waals surface area (Å²) in [5, 5.41) is 8.94. The van der Waals surface area contributed by atoms with E-state index in [1.807, 2.05) is 37.3 Å². The van der Waals surface area contributed by atoms with Crippen LogP contribution in [0.4, 0.5) is 0 Å². The summed E-state index contributed by atoms with van der Waals surface area (Å²) in [6, 6.07) is 15.4. The van der Waals surface area contributed by atoms with Gasteiger partial charge in [-0.05, 0) is 59.4 Å². The van der Waals surface area contributed by atoms with Crippen molar-refractivity contribution in [2.75, 3.05) is 13.2 Å². The van der Waals surface area contributed by atoms with Gasteiger partial charge in [-0.1, -0.05) is 30.3 Å². The van der Waals surface area contributed by atoms with Crippen LogP contribution >= 0.6 is 0 Å². The smallest absolute Gasteiger partial charge is 0.491 e. The van der Waals surface area contributed by atoms with Crippen LogP contribution in [0.5, 0.6) is 11.6 Å². The number of pyridine rings is 1. The third kappa shape index (κ3) is 6.52. The average Bonchev–Trinajstić information content (AvgIpc) is 3.14. The quantitative estimate of drug-likeness (QED) is 0.314. The molecule has 10 heteroatoms. The maximum atomic E-state index is 11.5. The average molecular weight is 485 g/mol. The van der Waals surface area contributed by atoms with E-state index >= 15 is 0 Å². The number of nitrogens with zero attached hydrogens (tertiary/aromatic N) is 3. The molecule has 0 saturated carbocycles. The summed E-state index contributed by atoms with van der Waals surface area (Å²) >= 11 is 0. The molecule has 0 fully saturated rings. The van der Waals surface area contributed by atoms with Crippen LogP contribution in [0.2, 0.25) is 0 Å². The van der Waals surface area contributed by atoms with E-state index in [-0.39, 0.29) is 49.3 Å². The largest absolute Gasteiger partial charge is 1.00 e. The Morgan fingerprint density at radius 1 is 1.06 bits per heavy atom. The number of aromatic nitrogens is 3. The summed E-state index contributed by atoms with van der Waals surface area (Å²) in [4.78, 5) is 30.0. The van der Waals surface area contributed by atoms with E-state index in [4.69, 9.17) is 19.1 Å². The minimum Gasteiger partial charge on any atom is -0.491 e. The summed E-state index contributed by atoms with van der Waals surface area (Å²) < 4.78 is 17.0. The predicted octanol–water partition coefficient (Wildman–Crippen LogP) is -0.560. The molecule has 0 saturated heterocycles. The van der Waals surface area contributed by atoms with Gasteiger partial charge in [0, 0.05) is 18.8 Å². The summed E-state index contributed by atoms with van der Waals surface area (Å²) in [5.74, 6) is 0.241. The Morgan fingerprint density at radius 2 is 1.89 bits per heavy atom. The zero-order valence-corrected chi connectivity index (χ0v) is 21.9. The van der Waals surface area contributed by atoms with E-state index in [2.05, 4.69) is 23.0 Å². The Bertz CT molecular complexity index is 1390. The van der Waals surface area contributed by atoms with E-state index < -0.39 is 11.4 Å². The predicted molar refractivity (Wildman–Crippen MR) is 124 cm³/mol. The Kier molecular flexibility index (Phi) is 9.11. The molecule has 176 valence electrons. The molecule has 0 amide bonds. The minimum absolute atomic E-state index is 0. The first kappa shape index (κ1) is 26.5. The van der Waals surface area contributed by atoms with Crippen molar-refractivity contribution >= 4 is 0 Å². The first-order valence-electron chi connectivity index (χ1n) is 10.7. The molecule has 2 heterocycles. The van der Waals surface area contributed by atoms with Crippen molar-refractivity contribution in [3.8, 4) is 22.8 Å². The van der Waals surface area contributed by atoms with Gasteiger partial charge in [0.1, 0.15) is 19.0 Å². The van der Waals surface area contributed by atoms with E-state index in [9.17, 15) is 9.59 Å². The standard InChI is InChI=1S/C25H25N3O6.Na/c1-16-12-20(32-11-10-29)7-8-21(16)22-5-3-4-19(17(22)2)15-33-23-9-6-18(13-26-23)14-28-24(30)27-25(31)34-28;/h3-9,12-13,29H,10-11,14-15H2,1-2H3,(H,27,30,31);/q;+1/p-1.